The first-order valence-electron chi connectivity index (χ1n) is 8.12. The van der Waals surface area contributed by atoms with E-state index < -0.39 is 5.69 Å². The van der Waals surface area contributed by atoms with Crippen LogP contribution >= 0.6 is 0 Å². The van der Waals surface area contributed by atoms with Gasteiger partial charge in [0.05, 0.1) is 10.9 Å². The van der Waals surface area contributed by atoms with Crippen LogP contribution < -0.4 is 16.6 Å². The summed E-state index contributed by atoms with van der Waals surface area (Å²) >= 11 is 0. The lowest BCUT2D eigenvalue weighted by molar-refractivity contribution is -0.121. The molecule has 1 heterocycles. The Morgan fingerprint density at radius 2 is 1.96 bits per heavy atom. The van der Waals surface area contributed by atoms with Crippen molar-refractivity contribution in [1.29, 1.82) is 0 Å². The van der Waals surface area contributed by atoms with Crippen molar-refractivity contribution in [2.45, 2.75) is 45.6 Å². The molecule has 0 aliphatic rings. The van der Waals surface area contributed by atoms with Crippen LogP contribution in [-0.4, -0.2) is 22.0 Å². The molecule has 6 nitrogen and oxygen atoms in total. The molecule has 1 aromatic carbocycles. The fraction of sp³-hybridized carbons (Fsp3) is 0.471. The molecule has 1 amide bonds. The van der Waals surface area contributed by atoms with Crippen molar-refractivity contribution in [2.24, 2.45) is 0 Å². The number of benzene rings is 1. The Balaban J connectivity index is 1.91. The number of rotatable bonds is 8. The molecule has 0 unspecified atom stereocenters. The van der Waals surface area contributed by atoms with Gasteiger partial charge in [-0.2, -0.15) is 0 Å². The molecule has 0 spiro atoms. The van der Waals surface area contributed by atoms with E-state index in [1.807, 2.05) is 0 Å². The van der Waals surface area contributed by atoms with E-state index in [2.05, 4.69) is 17.2 Å². The summed E-state index contributed by atoms with van der Waals surface area (Å²) in [6.07, 6.45) is 3.71. The molecule has 6 heteroatoms. The standard InChI is InChI=1S/C17H23N3O3/c1-2-3-11-18-15(21)10-6-7-12-20-16(22)13-8-4-5-9-14(13)19-17(20)23/h4-5,8-9H,2-3,6-7,10-12H2,1H3,(H,18,21)(H,19,23). The topological polar surface area (TPSA) is 84.0 Å². The second-order valence-electron chi connectivity index (χ2n) is 5.59. The molecular weight excluding hydrogens is 294 g/mol. The summed E-state index contributed by atoms with van der Waals surface area (Å²) in [5, 5.41) is 3.36. The maximum Gasteiger partial charge on any atom is 0.328 e. The molecule has 0 aliphatic heterocycles. The molecule has 2 aromatic rings. The molecule has 0 radical (unpaired) electrons. The van der Waals surface area contributed by atoms with Crippen molar-refractivity contribution >= 4 is 16.8 Å². The van der Waals surface area contributed by atoms with Gasteiger partial charge in [-0.25, -0.2) is 4.79 Å². The van der Waals surface area contributed by atoms with E-state index in [4.69, 9.17) is 0 Å². The maximum atomic E-state index is 12.3. The Kier molecular flexibility index (Phi) is 6.14. The predicted octanol–water partition coefficient (Wildman–Crippen LogP) is 1.78. The molecular formula is C17H23N3O3. The monoisotopic (exact) mass is 317 g/mol. The van der Waals surface area contributed by atoms with E-state index in [1.54, 1.807) is 24.3 Å². The Bertz CT molecular complexity index is 776. The zero-order chi connectivity index (χ0) is 16.7. The van der Waals surface area contributed by atoms with Gasteiger partial charge in [-0.3, -0.25) is 14.2 Å². The lowest BCUT2D eigenvalue weighted by Crippen LogP contribution is -2.35. The number of hydrogen-bond acceptors (Lipinski definition) is 3. The van der Waals surface area contributed by atoms with Gasteiger partial charge in [-0.1, -0.05) is 25.5 Å². The Labute approximate surface area is 134 Å². The zero-order valence-corrected chi connectivity index (χ0v) is 13.4. The molecule has 0 atom stereocenters. The lowest BCUT2D eigenvalue weighted by Gasteiger charge is -2.07. The van der Waals surface area contributed by atoms with Crippen molar-refractivity contribution in [3.8, 4) is 0 Å². The van der Waals surface area contributed by atoms with Crippen molar-refractivity contribution in [3.05, 3.63) is 45.1 Å². The van der Waals surface area contributed by atoms with Gasteiger partial charge in [0.1, 0.15) is 0 Å². The zero-order valence-electron chi connectivity index (χ0n) is 13.4. The number of para-hydroxylation sites is 1. The van der Waals surface area contributed by atoms with E-state index in [-0.39, 0.29) is 11.5 Å². The smallest absolute Gasteiger partial charge is 0.328 e. The molecule has 2 N–H and O–H groups in total. The minimum atomic E-state index is -0.402. The highest BCUT2D eigenvalue weighted by atomic mass is 16.2. The van der Waals surface area contributed by atoms with Crippen molar-refractivity contribution in [1.82, 2.24) is 14.9 Å². The van der Waals surface area contributed by atoms with Crippen LogP contribution in [0, 0.1) is 0 Å². The molecule has 124 valence electrons. The number of carbonyl (C=O) groups excluding carboxylic acids is 1. The minimum Gasteiger partial charge on any atom is -0.356 e. The van der Waals surface area contributed by atoms with E-state index in [1.165, 1.54) is 4.57 Å². The summed E-state index contributed by atoms with van der Waals surface area (Å²) < 4.78 is 1.21. The molecule has 0 bridgehead atoms. The van der Waals surface area contributed by atoms with Crippen LogP contribution in [0.25, 0.3) is 10.9 Å². The molecule has 23 heavy (non-hydrogen) atoms. The summed E-state index contributed by atoms with van der Waals surface area (Å²) in [5.74, 6) is 0.0261. The number of nitrogens with zero attached hydrogens (tertiary/aromatic N) is 1. The maximum absolute atomic E-state index is 12.3. The third-order valence-corrected chi connectivity index (χ3v) is 3.78. The predicted molar refractivity (Wildman–Crippen MR) is 90.6 cm³/mol. The highest BCUT2D eigenvalue weighted by Gasteiger charge is 2.07. The van der Waals surface area contributed by atoms with Crippen LogP contribution in [0.5, 0.6) is 0 Å². The molecule has 0 fully saturated rings. The lowest BCUT2D eigenvalue weighted by atomic mass is 10.2. The first-order valence-corrected chi connectivity index (χ1v) is 8.12. The van der Waals surface area contributed by atoms with Gasteiger partial charge in [-0.15, -0.1) is 0 Å². The van der Waals surface area contributed by atoms with Gasteiger partial charge in [-0.05, 0) is 31.4 Å². The number of fused-ring (bicyclic) bond motifs is 1. The van der Waals surface area contributed by atoms with E-state index in [0.717, 1.165) is 12.8 Å². The van der Waals surface area contributed by atoms with Crippen LogP contribution in [0.4, 0.5) is 0 Å². The second-order valence-corrected chi connectivity index (χ2v) is 5.59. The Morgan fingerprint density at radius 1 is 1.17 bits per heavy atom. The highest BCUT2D eigenvalue weighted by molar-refractivity contribution is 5.77. The largest absolute Gasteiger partial charge is 0.356 e. The number of H-pyrrole nitrogens is 1. The number of aromatic amines is 1. The molecule has 2 rings (SSSR count). The molecule has 0 saturated heterocycles. The Hall–Kier alpha value is -2.37. The summed E-state index contributed by atoms with van der Waals surface area (Å²) in [7, 11) is 0. The number of unbranched alkanes of at least 4 members (excludes halogenated alkanes) is 2. The highest BCUT2D eigenvalue weighted by Crippen LogP contribution is 2.04. The average molecular weight is 317 g/mol. The first kappa shape index (κ1) is 17.0. The molecule has 0 aliphatic carbocycles. The number of hydrogen-bond donors (Lipinski definition) is 2. The van der Waals surface area contributed by atoms with Gasteiger partial charge in [0.2, 0.25) is 5.91 Å². The number of nitrogens with one attached hydrogen (secondary N) is 2. The van der Waals surface area contributed by atoms with Crippen LogP contribution in [-0.2, 0) is 11.3 Å². The third kappa shape index (κ3) is 4.55. The summed E-state index contributed by atoms with van der Waals surface area (Å²) in [6, 6.07) is 6.96. The quantitative estimate of drug-likeness (QED) is 0.728. The fourth-order valence-corrected chi connectivity index (χ4v) is 2.45. The summed E-state index contributed by atoms with van der Waals surface area (Å²) in [5.41, 5.74) is -0.133. The van der Waals surface area contributed by atoms with Gasteiger partial charge < -0.3 is 10.3 Å². The van der Waals surface area contributed by atoms with E-state index in [0.29, 0.717) is 43.3 Å². The third-order valence-electron chi connectivity index (χ3n) is 3.78. The van der Waals surface area contributed by atoms with Gasteiger partial charge in [0.25, 0.3) is 5.56 Å². The number of aromatic nitrogens is 2. The van der Waals surface area contributed by atoms with E-state index in [9.17, 15) is 14.4 Å². The van der Waals surface area contributed by atoms with Crippen molar-refractivity contribution in [3.63, 3.8) is 0 Å². The summed E-state index contributed by atoms with van der Waals surface area (Å²) in [6.45, 7) is 3.10. The van der Waals surface area contributed by atoms with Gasteiger partial charge in [0.15, 0.2) is 0 Å². The number of carbonyl (C=O) groups is 1. The first-order chi connectivity index (χ1) is 11.1. The SMILES string of the molecule is CCCCNC(=O)CCCCn1c(=O)[nH]c2ccccc2c1=O. The van der Waals surface area contributed by atoms with Crippen LogP contribution in [0.3, 0.4) is 0 Å². The van der Waals surface area contributed by atoms with Gasteiger partial charge >= 0.3 is 5.69 Å². The number of amides is 1. The minimum absolute atomic E-state index is 0.0261. The van der Waals surface area contributed by atoms with Crippen molar-refractivity contribution in [2.75, 3.05) is 6.54 Å². The van der Waals surface area contributed by atoms with Crippen LogP contribution in [0.15, 0.2) is 33.9 Å². The normalized spacial score (nSPS) is 10.8. The van der Waals surface area contributed by atoms with Crippen LogP contribution in [0.1, 0.15) is 39.0 Å². The fourth-order valence-electron chi connectivity index (χ4n) is 2.45. The molecule has 1 aromatic heterocycles. The second kappa shape index (κ2) is 8.31. The summed E-state index contributed by atoms with van der Waals surface area (Å²) in [4.78, 5) is 38.6. The Morgan fingerprint density at radius 3 is 2.74 bits per heavy atom. The van der Waals surface area contributed by atoms with Crippen LogP contribution in [0.2, 0.25) is 0 Å². The van der Waals surface area contributed by atoms with E-state index >= 15 is 0 Å². The molecule has 0 saturated carbocycles. The van der Waals surface area contributed by atoms with Crippen molar-refractivity contribution < 1.29 is 4.79 Å². The average Bonchev–Trinajstić information content (AvgIpc) is 2.54. The van der Waals surface area contributed by atoms with Gasteiger partial charge in [0, 0.05) is 19.5 Å².